The Morgan fingerprint density at radius 3 is 2.76 bits per heavy atom. The van der Waals surface area contributed by atoms with Gasteiger partial charge in [-0.15, -0.1) is 0 Å². The number of furan rings is 1. The van der Waals surface area contributed by atoms with Crippen molar-refractivity contribution in [3.8, 4) is 0 Å². The van der Waals surface area contributed by atoms with Crippen LogP contribution >= 0.6 is 23.4 Å². The Kier molecular flexibility index (Phi) is 6.02. The fraction of sp³-hybridized carbons (Fsp3) is 0.167. The number of fused-ring (bicyclic) bond motifs is 3. The quantitative estimate of drug-likeness (QED) is 0.563. The first-order valence-electron chi connectivity index (χ1n) is 10.4. The number of hydrogen-bond donors (Lipinski definition) is 1. The van der Waals surface area contributed by atoms with E-state index in [1.807, 2.05) is 48.5 Å². The van der Waals surface area contributed by atoms with Gasteiger partial charge in [0.25, 0.3) is 5.91 Å². The van der Waals surface area contributed by atoms with Crippen LogP contribution < -0.4 is 5.32 Å². The van der Waals surface area contributed by atoms with E-state index in [2.05, 4.69) is 10.3 Å². The lowest BCUT2D eigenvalue weighted by atomic mass is 10.1. The third-order valence-electron chi connectivity index (χ3n) is 5.28. The van der Waals surface area contributed by atoms with E-state index in [9.17, 15) is 9.59 Å². The van der Waals surface area contributed by atoms with Gasteiger partial charge in [-0.3, -0.25) is 14.6 Å². The van der Waals surface area contributed by atoms with E-state index >= 15 is 0 Å². The van der Waals surface area contributed by atoms with Gasteiger partial charge < -0.3 is 9.73 Å². The van der Waals surface area contributed by atoms with Gasteiger partial charge in [-0.2, -0.15) is 0 Å². The van der Waals surface area contributed by atoms with Crippen molar-refractivity contribution in [1.29, 1.82) is 0 Å². The molecule has 0 aliphatic carbocycles. The molecule has 0 radical (unpaired) electrons. The zero-order valence-corrected chi connectivity index (χ0v) is 19.0. The molecule has 5 rings (SSSR count). The van der Waals surface area contributed by atoms with Gasteiger partial charge in [-0.25, -0.2) is 9.89 Å². The number of nitrogens with zero attached hydrogens (tertiary/aromatic N) is 3. The van der Waals surface area contributed by atoms with Gasteiger partial charge in [0, 0.05) is 16.3 Å². The highest BCUT2D eigenvalue weighted by Gasteiger charge is 2.42. The summed E-state index contributed by atoms with van der Waals surface area (Å²) in [5, 5.41) is 3.96. The van der Waals surface area contributed by atoms with Crippen molar-refractivity contribution in [2.45, 2.75) is 24.8 Å². The molecule has 1 unspecified atom stereocenters. The summed E-state index contributed by atoms with van der Waals surface area (Å²) in [6, 6.07) is 17.8. The molecule has 2 aromatic carbocycles. The molecule has 1 atom stereocenters. The Bertz CT molecular complexity index is 1270. The number of halogens is 1. The van der Waals surface area contributed by atoms with Crippen LogP contribution in [0.15, 0.2) is 81.3 Å². The summed E-state index contributed by atoms with van der Waals surface area (Å²) in [7, 11) is 0. The molecule has 3 heterocycles. The van der Waals surface area contributed by atoms with E-state index in [0.717, 1.165) is 16.8 Å². The van der Waals surface area contributed by atoms with Gasteiger partial charge in [0.15, 0.2) is 5.17 Å². The highest BCUT2D eigenvalue weighted by molar-refractivity contribution is 8.13. The number of amides is 2. The Morgan fingerprint density at radius 2 is 1.94 bits per heavy atom. The number of benzene rings is 2. The van der Waals surface area contributed by atoms with Gasteiger partial charge >= 0.3 is 0 Å². The number of amidine groups is 2. The van der Waals surface area contributed by atoms with E-state index < -0.39 is 6.04 Å². The third kappa shape index (κ3) is 4.44. The SMILES string of the molecule is O=C(CC1N=C2c3ccccc3N=C(SCc3ccccc3Cl)N2C1=O)NCc1ccco1. The molecule has 0 spiro atoms. The Balaban J connectivity index is 1.36. The molecule has 2 amide bonds. The maximum atomic E-state index is 13.3. The standard InChI is InChI=1S/C24H19ClN4O3S/c25-18-9-3-1-6-15(18)14-33-24-28-19-10-4-2-8-17(19)22-27-20(23(31)29(22)24)12-21(30)26-13-16-7-5-11-32-16/h1-11,20H,12-14H2,(H,26,30). The summed E-state index contributed by atoms with van der Waals surface area (Å²) in [5.41, 5.74) is 2.46. The first-order valence-corrected chi connectivity index (χ1v) is 11.7. The molecule has 1 aromatic heterocycles. The number of para-hydroxylation sites is 1. The van der Waals surface area contributed by atoms with Crippen LogP contribution in [0, 0.1) is 0 Å². The molecular formula is C24H19ClN4O3S. The summed E-state index contributed by atoms with van der Waals surface area (Å²) in [4.78, 5) is 36.6. The summed E-state index contributed by atoms with van der Waals surface area (Å²) >= 11 is 7.72. The smallest absolute Gasteiger partial charge is 0.259 e. The maximum Gasteiger partial charge on any atom is 0.259 e. The lowest BCUT2D eigenvalue weighted by molar-refractivity contribution is -0.128. The van der Waals surface area contributed by atoms with E-state index in [0.29, 0.717) is 27.5 Å². The summed E-state index contributed by atoms with van der Waals surface area (Å²) < 4.78 is 5.23. The normalized spacial score (nSPS) is 16.7. The van der Waals surface area contributed by atoms with Crippen molar-refractivity contribution in [2.24, 2.45) is 9.98 Å². The topological polar surface area (TPSA) is 87.3 Å². The Hall–Kier alpha value is -3.36. The molecule has 0 saturated carbocycles. The molecule has 2 aliphatic heterocycles. The van der Waals surface area contributed by atoms with Gasteiger partial charge in [0.2, 0.25) is 5.91 Å². The van der Waals surface area contributed by atoms with Crippen LogP contribution in [-0.2, 0) is 21.9 Å². The summed E-state index contributed by atoms with van der Waals surface area (Å²) in [5.74, 6) is 1.18. The van der Waals surface area contributed by atoms with Crippen LogP contribution in [0.3, 0.4) is 0 Å². The minimum atomic E-state index is -0.811. The molecule has 0 fully saturated rings. The fourth-order valence-corrected chi connectivity index (χ4v) is 4.92. The van der Waals surface area contributed by atoms with E-state index in [1.165, 1.54) is 16.7 Å². The lowest BCUT2D eigenvalue weighted by Gasteiger charge is -2.25. The predicted molar refractivity (Wildman–Crippen MR) is 129 cm³/mol. The number of thioether (sulfide) groups is 1. The molecule has 3 aromatic rings. The molecule has 33 heavy (non-hydrogen) atoms. The number of rotatable bonds is 6. The van der Waals surface area contributed by atoms with E-state index in [1.54, 1.807) is 18.4 Å². The molecule has 0 saturated heterocycles. The molecule has 0 bridgehead atoms. The van der Waals surface area contributed by atoms with E-state index in [4.69, 9.17) is 21.0 Å². The molecule has 7 nitrogen and oxygen atoms in total. The molecular weight excluding hydrogens is 460 g/mol. The highest BCUT2D eigenvalue weighted by atomic mass is 35.5. The summed E-state index contributed by atoms with van der Waals surface area (Å²) in [6.07, 6.45) is 1.49. The second-order valence-electron chi connectivity index (χ2n) is 7.49. The molecule has 166 valence electrons. The first-order chi connectivity index (χ1) is 16.1. The predicted octanol–water partition coefficient (Wildman–Crippen LogP) is 4.53. The van der Waals surface area contributed by atoms with Crippen LogP contribution in [0.1, 0.15) is 23.3 Å². The van der Waals surface area contributed by atoms with Crippen molar-refractivity contribution in [3.63, 3.8) is 0 Å². The van der Waals surface area contributed by atoms with Crippen LogP contribution in [0.4, 0.5) is 5.69 Å². The van der Waals surface area contributed by atoms with Crippen LogP contribution in [0.5, 0.6) is 0 Å². The highest BCUT2D eigenvalue weighted by Crippen LogP contribution is 2.35. The van der Waals surface area contributed by atoms with Gasteiger partial charge in [-0.1, -0.05) is 53.7 Å². The second kappa shape index (κ2) is 9.25. The Morgan fingerprint density at radius 1 is 1.12 bits per heavy atom. The third-order valence-corrected chi connectivity index (χ3v) is 6.64. The van der Waals surface area contributed by atoms with Crippen molar-refractivity contribution >= 4 is 51.9 Å². The largest absolute Gasteiger partial charge is 0.467 e. The molecule has 1 N–H and O–H groups in total. The van der Waals surface area contributed by atoms with Crippen LogP contribution in [0.2, 0.25) is 5.02 Å². The molecule has 9 heteroatoms. The minimum absolute atomic E-state index is 0.0514. The van der Waals surface area contributed by atoms with Gasteiger partial charge in [-0.05, 0) is 35.9 Å². The Labute approximate surface area is 199 Å². The van der Waals surface area contributed by atoms with Crippen LogP contribution in [0.25, 0.3) is 0 Å². The minimum Gasteiger partial charge on any atom is -0.467 e. The van der Waals surface area contributed by atoms with Gasteiger partial charge in [0.1, 0.15) is 17.6 Å². The number of nitrogens with one attached hydrogen (secondary N) is 1. The van der Waals surface area contributed by atoms with Crippen molar-refractivity contribution in [3.05, 3.63) is 88.8 Å². The average molecular weight is 479 g/mol. The monoisotopic (exact) mass is 478 g/mol. The number of carbonyl (C=O) groups excluding carboxylic acids is 2. The number of aliphatic imine (C=N–C) groups is 2. The molecule has 2 aliphatic rings. The first kappa shape index (κ1) is 21.5. The van der Waals surface area contributed by atoms with Crippen molar-refractivity contribution in [1.82, 2.24) is 10.2 Å². The van der Waals surface area contributed by atoms with E-state index in [-0.39, 0.29) is 24.8 Å². The zero-order chi connectivity index (χ0) is 22.8. The van der Waals surface area contributed by atoms with Crippen molar-refractivity contribution in [2.75, 3.05) is 0 Å². The fourth-order valence-electron chi connectivity index (χ4n) is 3.64. The number of carbonyl (C=O) groups is 2. The average Bonchev–Trinajstić information content (AvgIpc) is 3.46. The van der Waals surface area contributed by atoms with Crippen molar-refractivity contribution < 1.29 is 14.0 Å². The maximum absolute atomic E-state index is 13.3. The van der Waals surface area contributed by atoms with Gasteiger partial charge in [0.05, 0.1) is 24.9 Å². The lowest BCUT2D eigenvalue weighted by Crippen LogP contribution is -2.42. The zero-order valence-electron chi connectivity index (χ0n) is 17.4. The van der Waals surface area contributed by atoms with Crippen LogP contribution in [-0.4, -0.2) is 33.8 Å². The number of hydrogen-bond acceptors (Lipinski definition) is 6. The second-order valence-corrected chi connectivity index (χ2v) is 8.84. The summed E-state index contributed by atoms with van der Waals surface area (Å²) in [6.45, 7) is 0.260.